The molecule has 1 aliphatic heterocycles. The fraction of sp³-hybridized carbons (Fsp3) is 0.286. The highest BCUT2D eigenvalue weighted by molar-refractivity contribution is 6.15. The molecule has 0 saturated carbocycles. The summed E-state index contributed by atoms with van der Waals surface area (Å²) in [5, 5.41) is 22.3. The lowest BCUT2D eigenvalue weighted by molar-refractivity contribution is -0.385. The van der Waals surface area contributed by atoms with E-state index in [1.165, 1.54) is 48.5 Å². The molecule has 0 radical (unpaired) electrons. The summed E-state index contributed by atoms with van der Waals surface area (Å²) in [5.74, 6) is -2.69. The number of amides is 2. The third-order valence-corrected chi connectivity index (χ3v) is 8.09. The number of likely N-dealkylation sites (tertiary alicyclic amines) is 1. The van der Waals surface area contributed by atoms with Crippen molar-refractivity contribution in [2.75, 3.05) is 13.1 Å². The average Bonchev–Trinajstić information content (AvgIpc) is 3.04. The van der Waals surface area contributed by atoms with Gasteiger partial charge in [-0.2, -0.15) is 0 Å². The second kappa shape index (κ2) is 15.5. The van der Waals surface area contributed by atoms with Gasteiger partial charge in [-0.25, -0.2) is 0 Å². The van der Waals surface area contributed by atoms with E-state index in [1.54, 1.807) is 17.1 Å². The molecule has 3 aromatic carbocycles. The van der Waals surface area contributed by atoms with Gasteiger partial charge < -0.3 is 10.6 Å². The molecule has 11 nitrogen and oxygen atoms in total. The van der Waals surface area contributed by atoms with Crippen LogP contribution in [0.15, 0.2) is 90.0 Å². The summed E-state index contributed by atoms with van der Waals surface area (Å²) in [6, 6.07) is 20.8. The monoisotopic (exact) mass is 624 g/mol. The molecule has 2 N–H and O–H groups in total. The molecule has 0 aliphatic carbocycles. The van der Waals surface area contributed by atoms with Crippen LogP contribution in [0.2, 0.25) is 0 Å². The molecular weight excluding hydrogens is 588 g/mol. The Bertz CT molecular complexity index is 1570. The van der Waals surface area contributed by atoms with E-state index in [2.05, 4.69) is 0 Å². The van der Waals surface area contributed by atoms with Crippen LogP contribution in [0.4, 0.5) is 11.4 Å². The molecule has 0 aromatic heterocycles. The van der Waals surface area contributed by atoms with Crippen molar-refractivity contribution in [3.05, 3.63) is 127 Å². The summed E-state index contributed by atoms with van der Waals surface area (Å²) >= 11 is 0. The Morgan fingerprint density at radius 1 is 0.804 bits per heavy atom. The lowest BCUT2D eigenvalue weighted by Crippen LogP contribution is -2.48. The van der Waals surface area contributed by atoms with Gasteiger partial charge in [0.2, 0.25) is 11.8 Å². The zero-order valence-corrected chi connectivity index (χ0v) is 25.5. The zero-order valence-electron chi connectivity index (χ0n) is 25.5. The van der Waals surface area contributed by atoms with Crippen LogP contribution in [0.25, 0.3) is 12.2 Å². The smallest absolute Gasteiger partial charge is 0.269 e. The lowest BCUT2D eigenvalue weighted by Gasteiger charge is -2.35. The fourth-order valence-electron chi connectivity index (χ4n) is 5.64. The first-order valence-electron chi connectivity index (χ1n) is 15.1. The molecule has 1 unspecified atom stereocenters. The summed E-state index contributed by atoms with van der Waals surface area (Å²) in [7, 11) is 0. The maximum atomic E-state index is 14.4. The van der Waals surface area contributed by atoms with Gasteiger partial charge in [0.1, 0.15) is 0 Å². The molecule has 3 aromatic rings. The molecule has 0 bridgehead atoms. The SMILES string of the molecule is CCCCCC(C(N)=O)[C@H](Cc1ccccc1)C(=O)N1C/C(=C\c2ccc([N+](=O)[O-])cc2)C(=O)/C(=C/c2ccc([N+](=O)[O-])cc2)C1. The van der Waals surface area contributed by atoms with Crippen molar-refractivity contribution >= 4 is 41.1 Å². The fourth-order valence-corrected chi connectivity index (χ4v) is 5.64. The van der Waals surface area contributed by atoms with Crippen LogP contribution in [0, 0.1) is 32.1 Å². The summed E-state index contributed by atoms with van der Waals surface area (Å²) in [6.45, 7) is 1.96. The Hall–Kier alpha value is -5.45. The molecule has 0 spiro atoms. The van der Waals surface area contributed by atoms with Crippen LogP contribution in [-0.4, -0.2) is 45.4 Å². The first-order valence-corrected chi connectivity index (χ1v) is 15.1. The highest BCUT2D eigenvalue weighted by Crippen LogP contribution is 2.30. The molecule has 1 saturated heterocycles. The van der Waals surface area contributed by atoms with Crippen LogP contribution in [-0.2, 0) is 20.8 Å². The molecule has 238 valence electrons. The second-order valence-electron chi connectivity index (χ2n) is 11.4. The minimum atomic E-state index is -0.772. The Kier molecular flexibility index (Phi) is 11.3. The minimum Gasteiger partial charge on any atom is -0.369 e. The Labute approximate surface area is 266 Å². The van der Waals surface area contributed by atoms with Gasteiger partial charge in [0.15, 0.2) is 5.78 Å². The zero-order chi connectivity index (χ0) is 33.2. The molecule has 4 rings (SSSR count). The lowest BCUT2D eigenvalue weighted by atomic mass is 9.81. The van der Waals surface area contributed by atoms with Gasteiger partial charge in [-0.3, -0.25) is 34.6 Å². The van der Waals surface area contributed by atoms with E-state index in [0.29, 0.717) is 17.5 Å². The molecule has 46 heavy (non-hydrogen) atoms. The van der Waals surface area contributed by atoms with Crippen LogP contribution in [0.5, 0.6) is 0 Å². The van der Waals surface area contributed by atoms with Crippen LogP contribution < -0.4 is 5.73 Å². The van der Waals surface area contributed by atoms with Crippen LogP contribution >= 0.6 is 0 Å². The van der Waals surface area contributed by atoms with Crippen LogP contribution in [0.3, 0.4) is 0 Å². The van der Waals surface area contributed by atoms with Gasteiger partial charge in [0, 0.05) is 54.4 Å². The third kappa shape index (κ3) is 8.59. The van der Waals surface area contributed by atoms with Gasteiger partial charge in [-0.1, -0.05) is 56.5 Å². The van der Waals surface area contributed by atoms with E-state index in [0.717, 1.165) is 24.8 Å². The number of rotatable bonds is 13. The van der Waals surface area contributed by atoms with Crippen molar-refractivity contribution in [2.45, 2.75) is 39.0 Å². The number of nitrogens with zero attached hydrogens (tertiary/aromatic N) is 3. The quantitative estimate of drug-likeness (QED) is 0.107. The van der Waals surface area contributed by atoms with Gasteiger partial charge in [-0.05, 0) is 65.9 Å². The summed E-state index contributed by atoms with van der Waals surface area (Å²) in [4.78, 5) is 63.8. The number of ketones is 1. The van der Waals surface area contributed by atoms with Crippen molar-refractivity contribution in [3.63, 3.8) is 0 Å². The summed E-state index contributed by atoms with van der Waals surface area (Å²) < 4.78 is 0. The average molecular weight is 625 g/mol. The van der Waals surface area contributed by atoms with Gasteiger partial charge in [0.25, 0.3) is 11.4 Å². The van der Waals surface area contributed by atoms with E-state index in [-0.39, 0.29) is 53.7 Å². The van der Waals surface area contributed by atoms with Gasteiger partial charge in [0.05, 0.1) is 15.8 Å². The number of unbranched alkanes of at least 4 members (excludes halogenated alkanes) is 2. The maximum absolute atomic E-state index is 14.4. The summed E-state index contributed by atoms with van der Waals surface area (Å²) in [5.41, 5.74) is 8.21. The van der Waals surface area contributed by atoms with Gasteiger partial charge in [-0.15, -0.1) is 0 Å². The van der Waals surface area contributed by atoms with Crippen molar-refractivity contribution in [1.29, 1.82) is 0 Å². The molecule has 1 aliphatic rings. The number of nitrogens with two attached hydrogens (primary N) is 1. The van der Waals surface area contributed by atoms with Crippen molar-refractivity contribution in [1.82, 2.24) is 4.90 Å². The van der Waals surface area contributed by atoms with Crippen molar-refractivity contribution in [3.8, 4) is 0 Å². The van der Waals surface area contributed by atoms with Crippen LogP contribution in [0.1, 0.15) is 49.3 Å². The Morgan fingerprint density at radius 3 is 1.74 bits per heavy atom. The molecule has 2 amide bonds. The first kappa shape index (κ1) is 33.4. The number of carbonyl (C=O) groups excluding carboxylic acids is 3. The standard InChI is InChI=1S/C35H36N4O7/c1-2-3-5-10-31(34(36)41)32(21-24-8-6-4-7-9-24)35(42)37-22-27(19-25-11-15-29(16-12-25)38(43)44)33(40)28(23-37)20-26-13-17-30(18-14-26)39(45)46/h4,6-9,11-20,31-32H,2-3,5,10,21-23H2,1H3,(H2,36,41)/b27-19+,28-20+/t31?,32-/m0/s1. The predicted molar refractivity (Wildman–Crippen MR) is 174 cm³/mol. The Morgan fingerprint density at radius 2 is 1.30 bits per heavy atom. The number of hydrogen-bond acceptors (Lipinski definition) is 7. The van der Waals surface area contributed by atoms with E-state index in [4.69, 9.17) is 5.73 Å². The second-order valence-corrected chi connectivity index (χ2v) is 11.4. The number of Topliss-reactive ketones (excluding diaryl/α,β-unsaturated/α-hetero) is 1. The number of nitro benzene ring substituents is 2. The highest BCUT2D eigenvalue weighted by atomic mass is 16.6. The first-order chi connectivity index (χ1) is 22.1. The predicted octanol–water partition coefficient (Wildman–Crippen LogP) is 5.92. The minimum absolute atomic E-state index is 0.0437. The molecule has 11 heteroatoms. The molecule has 2 atom stereocenters. The number of primary amides is 1. The van der Waals surface area contributed by atoms with E-state index >= 15 is 0 Å². The number of piperidine rings is 1. The van der Waals surface area contributed by atoms with Crippen molar-refractivity contribution in [2.24, 2.45) is 17.6 Å². The topological polar surface area (TPSA) is 167 Å². The number of non-ortho nitro benzene ring substituents is 2. The van der Waals surface area contributed by atoms with Gasteiger partial charge >= 0.3 is 0 Å². The number of carbonyl (C=O) groups is 3. The highest BCUT2D eigenvalue weighted by Gasteiger charge is 2.38. The van der Waals surface area contributed by atoms with E-state index in [1.807, 2.05) is 37.3 Å². The van der Waals surface area contributed by atoms with Crippen molar-refractivity contribution < 1.29 is 24.2 Å². The molecule has 1 fully saturated rings. The number of benzene rings is 3. The largest absolute Gasteiger partial charge is 0.369 e. The van der Waals surface area contributed by atoms with E-state index in [9.17, 15) is 34.6 Å². The number of hydrogen-bond donors (Lipinski definition) is 1. The Balaban J connectivity index is 1.75. The molecule has 1 heterocycles. The van der Waals surface area contributed by atoms with E-state index < -0.39 is 27.6 Å². The third-order valence-electron chi connectivity index (χ3n) is 8.09. The summed E-state index contributed by atoms with van der Waals surface area (Å²) in [6.07, 6.45) is 6.48. The molecular formula is C35H36N4O7. The number of nitro groups is 2. The maximum Gasteiger partial charge on any atom is 0.269 e. The normalized spacial score (nSPS) is 16.3.